The summed E-state index contributed by atoms with van der Waals surface area (Å²) in [6, 6.07) is 0. The lowest BCUT2D eigenvalue weighted by Crippen LogP contribution is -2.03. The Morgan fingerprint density at radius 3 is 1.73 bits per heavy atom. The molecule has 0 aromatic rings. The first-order valence-corrected chi connectivity index (χ1v) is 6.67. The minimum atomic E-state index is 0.532. The van der Waals surface area contributed by atoms with Gasteiger partial charge in [-0.1, -0.05) is 65.4 Å². The summed E-state index contributed by atoms with van der Waals surface area (Å²) < 4.78 is 0. The highest BCUT2D eigenvalue weighted by molar-refractivity contribution is 4.65. The minimum Gasteiger partial charge on any atom is -0.103 e. The zero-order chi connectivity index (χ0) is 11.6. The van der Waals surface area contributed by atoms with Gasteiger partial charge < -0.3 is 0 Å². The van der Waals surface area contributed by atoms with Gasteiger partial charge in [-0.25, -0.2) is 0 Å². The van der Waals surface area contributed by atoms with Crippen LogP contribution in [0, 0.1) is 5.41 Å². The molecule has 0 atom stereocenters. The largest absolute Gasteiger partial charge is 0.103 e. The topological polar surface area (TPSA) is 0 Å². The normalized spacial score (nSPS) is 11.7. The molecule has 0 aromatic heterocycles. The Morgan fingerprint density at radius 1 is 0.800 bits per heavy atom. The minimum absolute atomic E-state index is 0.532. The maximum absolute atomic E-state index is 3.74. The summed E-state index contributed by atoms with van der Waals surface area (Å²) in [6.07, 6.45) is 14.5. The molecule has 0 aliphatic rings. The SMILES string of the molecule is C=CCCCCCCCCCC(C)(C)C. The van der Waals surface area contributed by atoms with Gasteiger partial charge in [0.15, 0.2) is 0 Å². The molecule has 0 radical (unpaired) electrons. The predicted molar refractivity (Wildman–Crippen MR) is 71.2 cm³/mol. The second-order valence-corrected chi connectivity index (χ2v) is 5.86. The van der Waals surface area contributed by atoms with Crippen molar-refractivity contribution < 1.29 is 0 Å². The summed E-state index contributed by atoms with van der Waals surface area (Å²) in [5, 5.41) is 0. The van der Waals surface area contributed by atoms with E-state index >= 15 is 0 Å². The van der Waals surface area contributed by atoms with Crippen LogP contribution in [-0.2, 0) is 0 Å². The molecule has 90 valence electrons. The van der Waals surface area contributed by atoms with Crippen LogP contribution in [0.1, 0.15) is 78.6 Å². The zero-order valence-corrected chi connectivity index (χ0v) is 11.1. The summed E-state index contributed by atoms with van der Waals surface area (Å²) in [5.41, 5.74) is 0.532. The van der Waals surface area contributed by atoms with Crippen LogP contribution in [0.4, 0.5) is 0 Å². The zero-order valence-electron chi connectivity index (χ0n) is 11.1. The van der Waals surface area contributed by atoms with E-state index in [0.717, 1.165) is 0 Å². The number of hydrogen-bond acceptors (Lipinski definition) is 0. The third-order valence-corrected chi connectivity index (χ3v) is 2.84. The molecule has 0 nitrogen and oxygen atoms in total. The maximum Gasteiger partial charge on any atom is -0.0353 e. The van der Waals surface area contributed by atoms with Gasteiger partial charge in [0, 0.05) is 0 Å². The van der Waals surface area contributed by atoms with Crippen molar-refractivity contribution in [3.8, 4) is 0 Å². The van der Waals surface area contributed by atoms with Crippen molar-refractivity contribution in [1.82, 2.24) is 0 Å². The van der Waals surface area contributed by atoms with E-state index in [1.807, 2.05) is 6.08 Å². The molecule has 0 aromatic carbocycles. The highest BCUT2D eigenvalue weighted by Gasteiger charge is 2.08. The van der Waals surface area contributed by atoms with Gasteiger partial charge in [-0.15, -0.1) is 6.58 Å². The van der Waals surface area contributed by atoms with Crippen LogP contribution in [-0.4, -0.2) is 0 Å². The summed E-state index contributed by atoms with van der Waals surface area (Å²) in [6.45, 7) is 10.7. The Hall–Kier alpha value is -0.260. The van der Waals surface area contributed by atoms with Gasteiger partial charge in [-0.2, -0.15) is 0 Å². The second-order valence-electron chi connectivity index (χ2n) is 5.86. The number of hydrogen-bond donors (Lipinski definition) is 0. The fraction of sp³-hybridized carbons (Fsp3) is 0.867. The average Bonchev–Trinajstić information content (AvgIpc) is 2.14. The van der Waals surface area contributed by atoms with Crippen LogP contribution in [0.3, 0.4) is 0 Å². The Morgan fingerprint density at radius 2 is 1.27 bits per heavy atom. The van der Waals surface area contributed by atoms with Crippen molar-refractivity contribution in [2.75, 3.05) is 0 Å². The fourth-order valence-electron chi connectivity index (χ4n) is 1.83. The van der Waals surface area contributed by atoms with Gasteiger partial charge in [0.05, 0.1) is 0 Å². The van der Waals surface area contributed by atoms with Crippen LogP contribution in [0.15, 0.2) is 12.7 Å². The summed E-state index contributed by atoms with van der Waals surface area (Å²) in [5.74, 6) is 0. The average molecular weight is 210 g/mol. The van der Waals surface area contributed by atoms with Crippen LogP contribution in [0.25, 0.3) is 0 Å². The van der Waals surface area contributed by atoms with E-state index in [0.29, 0.717) is 5.41 Å². The lowest BCUT2D eigenvalue weighted by molar-refractivity contribution is 0.356. The number of rotatable bonds is 9. The molecule has 0 fully saturated rings. The van der Waals surface area contributed by atoms with Crippen molar-refractivity contribution in [2.24, 2.45) is 5.41 Å². The van der Waals surface area contributed by atoms with Crippen molar-refractivity contribution in [2.45, 2.75) is 78.6 Å². The van der Waals surface area contributed by atoms with Crippen molar-refractivity contribution in [3.63, 3.8) is 0 Å². The third kappa shape index (κ3) is 13.7. The van der Waals surface area contributed by atoms with E-state index in [2.05, 4.69) is 27.4 Å². The Balaban J connectivity index is 3.02. The van der Waals surface area contributed by atoms with Crippen LogP contribution >= 0.6 is 0 Å². The van der Waals surface area contributed by atoms with E-state index in [9.17, 15) is 0 Å². The van der Waals surface area contributed by atoms with E-state index in [4.69, 9.17) is 0 Å². The highest BCUT2D eigenvalue weighted by Crippen LogP contribution is 2.22. The van der Waals surface area contributed by atoms with Crippen molar-refractivity contribution >= 4 is 0 Å². The molecule has 0 aliphatic carbocycles. The molecule has 0 spiro atoms. The maximum atomic E-state index is 3.74. The molecule has 0 amide bonds. The molecule has 0 saturated carbocycles. The molecule has 0 heterocycles. The van der Waals surface area contributed by atoms with E-state index < -0.39 is 0 Å². The smallest absolute Gasteiger partial charge is 0.0353 e. The lowest BCUT2D eigenvalue weighted by atomic mass is 9.89. The number of unbranched alkanes of at least 4 members (excludes halogenated alkanes) is 7. The molecule has 0 N–H and O–H groups in total. The molecule has 0 heteroatoms. The molecule has 0 unspecified atom stereocenters. The monoisotopic (exact) mass is 210 g/mol. The van der Waals surface area contributed by atoms with Gasteiger partial charge in [-0.3, -0.25) is 0 Å². The molecular formula is C15H30. The van der Waals surface area contributed by atoms with Crippen LogP contribution in [0.2, 0.25) is 0 Å². The van der Waals surface area contributed by atoms with Gasteiger partial charge in [0.1, 0.15) is 0 Å². The van der Waals surface area contributed by atoms with Crippen molar-refractivity contribution in [1.29, 1.82) is 0 Å². The third-order valence-electron chi connectivity index (χ3n) is 2.84. The number of allylic oxidation sites excluding steroid dienone is 1. The summed E-state index contributed by atoms with van der Waals surface area (Å²) >= 11 is 0. The van der Waals surface area contributed by atoms with E-state index in [-0.39, 0.29) is 0 Å². The highest BCUT2D eigenvalue weighted by atomic mass is 14.1. The lowest BCUT2D eigenvalue weighted by Gasteiger charge is -2.17. The van der Waals surface area contributed by atoms with E-state index in [1.54, 1.807) is 0 Å². The standard InChI is InChI=1S/C15H30/c1-5-6-7-8-9-10-11-12-13-14-15(2,3)4/h5H,1,6-14H2,2-4H3. The van der Waals surface area contributed by atoms with E-state index in [1.165, 1.54) is 57.8 Å². The molecule has 15 heavy (non-hydrogen) atoms. The first-order valence-electron chi connectivity index (χ1n) is 6.67. The van der Waals surface area contributed by atoms with Crippen LogP contribution in [0.5, 0.6) is 0 Å². The molecular weight excluding hydrogens is 180 g/mol. The van der Waals surface area contributed by atoms with Gasteiger partial charge in [-0.05, 0) is 24.7 Å². The molecule has 0 rings (SSSR count). The molecule has 0 aliphatic heterocycles. The first kappa shape index (κ1) is 14.7. The predicted octanol–water partition coefficient (Wildman–Crippen LogP) is 5.73. The van der Waals surface area contributed by atoms with Crippen molar-refractivity contribution in [3.05, 3.63) is 12.7 Å². The Kier molecular flexibility index (Phi) is 8.85. The fourth-order valence-corrected chi connectivity index (χ4v) is 1.83. The van der Waals surface area contributed by atoms with Crippen LogP contribution < -0.4 is 0 Å². The Labute approximate surface area is 97.2 Å². The van der Waals surface area contributed by atoms with Gasteiger partial charge in [0.2, 0.25) is 0 Å². The summed E-state index contributed by atoms with van der Waals surface area (Å²) in [4.78, 5) is 0. The quantitative estimate of drug-likeness (QED) is 0.337. The first-order chi connectivity index (χ1) is 7.06. The molecule has 0 bridgehead atoms. The second kappa shape index (κ2) is 9.00. The Bertz CT molecular complexity index is 139. The van der Waals surface area contributed by atoms with Gasteiger partial charge >= 0.3 is 0 Å². The van der Waals surface area contributed by atoms with Gasteiger partial charge in [0.25, 0.3) is 0 Å². The summed E-state index contributed by atoms with van der Waals surface area (Å²) in [7, 11) is 0. The molecule has 0 saturated heterocycles.